The Morgan fingerprint density at radius 3 is 2.35 bits per heavy atom. The van der Waals surface area contributed by atoms with Crippen molar-refractivity contribution in [2.24, 2.45) is 0 Å². The van der Waals surface area contributed by atoms with E-state index in [1.807, 2.05) is 0 Å². The minimum atomic E-state index is -4.70. The number of carbonyl (C=O) groups excluding carboxylic acids is 1. The topological polar surface area (TPSA) is 46.9 Å². The van der Waals surface area contributed by atoms with Crippen LogP contribution in [-0.2, 0) is 11.0 Å². The van der Waals surface area contributed by atoms with E-state index in [9.17, 15) is 18.0 Å². The maximum atomic E-state index is 13.1. The van der Waals surface area contributed by atoms with Crippen molar-refractivity contribution in [3.8, 4) is 0 Å². The standard InChI is InChI=1S/C16H13Cl3F3N3O/c1-7(15(26)23-12-9(17)3-2-4-10(12)18)25-13(8-5-6-8)11(19)14(24-25)16(20,21)22/h2-4,7-8H,5-6H2,1H3,(H,23,26). The molecule has 26 heavy (non-hydrogen) atoms. The molecular weight excluding hydrogens is 414 g/mol. The molecule has 1 atom stereocenters. The highest BCUT2D eigenvalue weighted by atomic mass is 35.5. The Bertz CT molecular complexity index is 842. The Labute approximate surface area is 162 Å². The highest BCUT2D eigenvalue weighted by Crippen LogP contribution is 2.47. The number of halogens is 6. The zero-order chi connectivity index (χ0) is 19.2. The molecule has 1 aromatic carbocycles. The first-order valence-corrected chi connectivity index (χ1v) is 8.84. The van der Waals surface area contributed by atoms with E-state index in [1.54, 1.807) is 6.07 Å². The van der Waals surface area contributed by atoms with E-state index in [0.717, 1.165) is 4.68 Å². The number of nitrogens with zero attached hydrogens (tertiary/aromatic N) is 2. The van der Waals surface area contributed by atoms with Gasteiger partial charge in [-0.1, -0.05) is 40.9 Å². The van der Waals surface area contributed by atoms with Crippen LogP contribution in [0.1, 0.15) is 43.1 Å². The van der Waals surface area contributed by atoms with Gasteiger partial charge in [-0.15, -0.1) is 0 Å². The molecule has 1 aliphatic carbocycles. The van der Waals surface area contributed by atoms with Gasteiger partial charge >= 0.3 is 6.18 Å². The molecule has 1 heterocycles. The van der Waals surface area contributed by atoms with Gasteiger partial charge in [0.15, 0.2) is 5.69 Å². The van der Waals surface area contributed by atoms with Crippen molar-refractivity contribution >= 4 is 46.4 Å². The summed E-state index contributed by atoms with van der Waals surface area (Å²) in [6, 6.07) is 3.65. The highest BCUT2D eigenvalue weighted by molar-refractivity contribution is 6.39. The van der Waals surface area contributed by atoms with Crippen molar-refractivity contribution in [2.45, 2.75) is 37.9 Å². The fourth-order valence-corrected chi connectivity index (χ4v) is 3.46. The molecule has 1 saturated carbocycles. The van der Waals surface area contributed by atoms with Gasteiger partial charge < -0.3 is 5.32 Å². The van der Waals surface area contributed by atoms with Gasteiger partial charge in [-0.05, 0) is 31.9 Å². The average molecular weight is 427 g/mol. The predicted octanol–water partition coefficient (Wildman–Crippen LogP) is 5.94. The van der Waals surface area contributed by atoms with Gasteiger partial charge in [-0.2, -0.15) is 18.3 Å². The van der Waals surface area contributed by atoms with Crippen LogP contribution in [0.3, 0.4) is 0 Å². The summed E-state index contributed by atoms with van der Waals surface area (Å²) in [6.45, 7) is 1.44. The molecule has 1 N–H and O–H groups in total. The molecule has 3 rings (SSSR count). The van der Waals surface area contributed by atoms with Crippen LogP contribution in [0, 0.1) is 0 Å². The Hall–Kier alpha value is -1.44. The molecule has 4 nitrogen and oxygen atoms in total. The van der Waals surface area contributed by atoms with Gasteiger partial charge in [0.05, 0.1) is 26.4 Å². The molecule has 10 heteroatoms. The maximum absolute atomic E-state index is 13.1. The van der Waals surface area contributed by atoms with E-state index in [2.05, 4.69) is 10.4 Å². The van der Waals surface area contributed by atoms with Crippen molar-refractivity contribution in [1.82, 2.24) is 9.78 Å². The van der Waals surface area contributed by atoms with Crippen LogP contribution in [0.5, 0.6) is 0 Å². The zero-order valence-electron chi connectivity index (χ0n) is 13.4. The largest absolute Gasteiger partial charge is 0.436 e. The number of benzene rings is 1. The van der Waals surface area contributed by atoms with Gasteiger partial charge in [0.25, 0.3) is 0 Å². The van der Waals surface area contributed by atoms with Crippen molar-refractivity contribution in [3.63, 3.8) is 0 Å². The Balaban J connectivity index is 1.94. The molecule has 0 bridgehead atoms. The molecule has 1 amide bonds. The second kappa shape index (κ2) is 6.94. The molecule has 2 aromatic rings. The first-order valence-electron chi connectivity index (χ1n) is 7.71. The van der Waals surface area contributed by atoms with E-state index < -0.39 is 28.8 Å². The fraction of sp³-hybridized carbons (Fsp3) is 0.375. The average Bonchev–Trinajstić information content (AvgIpc) is 3.31. The van der Waals surface area contributed by atoms with Crippen LogP contribution >= 0.6 is 34.8 Å². The Kier molecular flexibility index (Phi) is 5.16. The molecule has 0 spiro atoms. The van der Waals surface area contributed by atoms with Crippen LogP contribution in [0.4, 0.5) is 18.9 Å². The summed E-state index contributed by atoms with van der Waals surface area (Å²) in [5.74, 6) is -0.736. The van der Waals surface area contributed by atoms with Crippen LogP contribution in [0.25, 0.3) is 0 Å². The molecule has 140 valence electrons. The number of hydrogen-bond donors (Lipinski definition) is 1. The number of amides is 1. The third-order valence-electron chi connectivity index (χ3n) is 4.08. The van der Waals surface area contributed by atoms with E-state index in [0.29, 0.717) is 12.8 Å². The number of aromatic nitrogens is 2. The smallest absolute Gasteiger partial charge is 0.322 e. The summed E-state index contributed by atoms with van der Waals surface area (Å²) in [6.07, 6.45) is -3.30. The lowest BCUT2D eigenvalue weighted by atomic mass is 10.2. The molecular formula is C16H13Cl3F3N3O. The molecule has 1 aliphatic rings. The minimum Gasteiger partial charge on any atom is -0.322 e. The monoisotopic (exact) mass is 425 g/mol. The number of carbonyl (C=O) groups is 1. The summed E-state index contributed by atoms with van der Waals surface area (Å²) in [7, 11) is 0. The van der Waals surface area contributed by atoms with Crippen LogP contribution in [0.15, 0.2) is 18.2 Å². The number of para-hydroxylation sites is 1. The Morgan fingerprint density at radius 1 is 1.27 bits per heavy atom. The van der Waals surface area contributed by atoms with E-state index in [-0.39, 0.29) is 27.3 Å². The fourth-order valence-electron chi connectivity index (χ4n) is 2.58. The van der Waals surface area contributed by atoms with Crippen LogP contribution < -0.4 is 5.32 Å². The van der Waals surface area contributed by atoms with Crippen molar-refractivity contribution in [2.75, 3.05) is 5.32 Å². The van der Waals surface area contributed by atoms with Crippen LogP contribution in [0.2, 0.25) is 15.1 Å². The summed E-state index contributed by atoms with van der Waals surface area (Å²) in [4.78, 5) is 12.6. The number of anilines is 1. The first-order chi connectivity index (χ1) is 12.1. The summed E-state index contributed by atoms with van der Waals surface area (Å²) in [5, 5.41) is 6.11. The van der Waals surface area contributed by atoms with Crippen molar-refractivity contribution in [3.05, 3.63) is 44.7 Å². The van der Waals surface area contributed by atoms with Gasteiger partial charge in [0.2, 0.25) is 5.91 Å². The number of hydrogen-bond acceptors (Lipinski definition) is 2. The third kappa shape index (κ3) is 3.66. The SMILES string of the molecule is CC(C(=O)Nc1c(Cl)cccc1Cl)n1nc(C(F)(F)F)c(Cl)c1C1CC1. The highest BCUT2D eigenvalue weighted by Gasteiger charge is 2.43. The van der Waals surface area contributed by atoms with E-state index >= 15 is 0 Å². The summed E-state index contributed by atoms with van der Waals surface area (Å²) >= 11 is 18.0. The predicted molar refractivity (Wildman–Crippen MR) is 94.0 cm³/mol. The lowest BCUT2D eigenvalue weighted by Crippen LogP contribution is -2.26. The lowest BCUT2D eigenvalue weighted by molar-refractivity contribution is -0.141. The molecule has 0 aliphatic heterocycles. The number of nitrogens with one attached hydrogen (secondary N) is 1. The van der Waals surface area contributed by atoms with Crippen molar-refractivity contribution < 1.29 is 18.0 Å². The number of alkyl halides is 3. The first kappa shape index (κ1) is 19.3. The van der Waals surface area contributed by atoms with Gasteiger partial charge in [0, 0.05) is 5.92 Å². The van der Waals surface area contributed by atoms with Crippen LogP contribution in [-0.4, -0.2) is 15.7 Å². The summed E-state index contributed by atoms with van der Waals surface area (Å²) < 4.78 is 40.5. The van der Waals surface area contributed by atoms with Gasteiger partial charge in [0.1, 0.15) is 6.04 Å². The third-order valence-corrected chi connectivity index (χ3v) is 5.08. The lowest BCUT2D eigenvalue weighted by Gasteiger charge is -2.17. The molecule has 0 radical (unpaired) electrons. The molecule has 1 fully saturated rings. The van der Waals surface area contributed by atoms with Gasteiger partial charge in [-0.3, -0.25) is 9.48 Å². The van der Waals surface area contributed by atoms with E-state index in [4.69, 9.17) is 34.8 Å². The van der Waals surface area contributed by atoms with E-state index in [1.165, 1.54) is 19.1 Å². The zero-order valence-corrected chi connectivity index (χ0v) is 15.6. The normalized spacial score (nSPS) is 15.8. The molecule has 0 saturated heterocycles. The Morgan fingerprint density at radius 2 is 1.85 bits per heavy atom. The van der Waals surface area contributed by atoms with Gasteiger partial charge in [-0.25, -0.2) is 0 Å². The second-order valence-electron chi connectivity index (χ2n) is 6.03. The quantitative estimate of drug-likeness (QED) is 0.658. The number of rotatable bonds is 4. The molecule has 1 aromatic heterocycles. The summed E-state index contributed by atoms with van der Waals surface area (Å²) in [5.41, 5.74) is -0.765. The second-order valence-corrected chi connectivity index (χ2v) is 7.22. The maximum Gasteiger partial charge on any atom is 0.436 e. The minimum absolute atomic E-state index is 0.134. The van der Waals surface area contributed by atoms with Crippen molar-refractivity contribution in [1.29, 1.82) is 0 Å². The molecule has 1 unspecified atom stereocenters.